The van der Waals surface area contributed by atoms with Gasteiger partial charge in [-0.15, -0.1) is 0 Å². The molecule has 72 valence electrons. The summed E-state index contributed by atoms with van der Waals surface area (Å²) < 4.78 is 0. The molecule has 0 radical (unpaired) electrons. The van der Waals surface area contributed by atoms with E-state index in [1.54, 1.807) is 0 Å². The van der Waals surface area contributed by atoms with Crippen LogP contribution in [0, 0.1) is 17.8 Å². The van der Waals surface area contributed by atoms with Crippen LogP contribution in [0.5, 0.6) is 0 Å². The molecule has 1 amide bonds. The Kier molecular flexibility index (Phi) is 1.78. The third-order valence-corrected chi connectivity index (χ3v) is 3.14. The second-order valence-corrected chi connectivity index (χ2v) is 4.05. The molecule has 2 fully saturated rings. The summed E-state index contributed by atoms with van der Waals surface area (Å²) in [6, 6.07) is 0.114. The number of carbonyl (C=O) groups is 2. The molecule has 2 N–H and O–H groups in total. The van der Waals surface area contributed by atoms with Gasteiger partial charge in [0.15, 0.2) is 0 Å². The molecule has 2 aliphatic carbocycles. The molecule has 2 rings (SSSR count). The first-order valence-electron chi connectivity index (χ1n) is 4.59. The quantitative estimate of drug-likeness (QED) is 0.644. The van der Waals surface area contributed by atoms with Crippen molar-refractivity contribution in [1.82, 2.24) is 5.32 Å². The summed E-state index contributed by atoms with van der Waals surface area (Å²) in [6.45, 7) is 1.48. The number of aliphatic carboxylic acids is 1. The highest BCUT2D eigenvalue weighted by Crippen LogP contribution is 2.55. The van der Waals surface area contributed by atoms with Crippen LogP contribution in [-0.2, 0) is 9.59 Å². The minimum atomic E-state index is -0.708. The van der Waals surface area contributed by atoms with E-state index in [1.165, 1.54) is 6.92 Å². The third-order valence-electron chi connectivity index (χ3n) is 3.14. The van der Waals surface area contributed by atoms with Crippen molar-refractivity contribution >= 4 is 11.9 Å². The molecule has 0 aromatic carbocycles. The van der Waals surface area contributed by atoms with E-state index in [0.29, 0.717) is 18.3 Å². The normalized spacial score (nSPS) is 41.0. The number of hydrogen-bond donors (Lipinski definition) is 2. The van der Waals surface area contributed by atoms with Crippen LogP contribution in [0.3, 0.4) is 0 Å². The van der Waals surface area contributed by atoms with E-state index in [2.05, 4.69) is 5.32 Å². The minimum absolute atomic E-state index is 0.0540. The fourth-order valence-electron chi connectivity index (χ4n) is 2.50. The Morgan fingerprint density at radius 2 is 2.00 bits per heavy atom. The van der Waals surface area contributed by atoms with Gasteiger partial charge in [0.05, 0.1) is 5.92 Å². The zero-order valence-corrected chi connectivity index (χ0v) is 7.49. The molecule has 4 nitrogen and oxygen atoms in total. The maximum atomic E-state index is 10.8. The van der Waals surface area contributed by atoms with Crippen molar-refractivity contribution in [2.45, 2.75) is 25.8 Å². The van der Waals surface area contributed by atoms with E-state index < -0.39 is 5.97 Å². The van der Waals surface area contributed by atoms with Crippen LogP contribution in [0.15, 0.2) is 0 Å². The Hall–Kier alpha value is -1.06. The number of amides is 1. The van der Waals surface area contributed by atoms with Gasteiger partial charge in [0, 0.05) is 13.0 Å². The summed E-state index contributed by atoms with van der Waals surface area (Å²) in [5.41, 5.74) is 0. The highest BCUT2D eigenvalue weighted by Gasteiger charge is 2.56. The van der Waals surface area contributed by atoms with Crippen LogP contribution in [0.4, 0.5) is 0 Å². The zero-order chi connectivity index (χ0) is 9.59. The Bertz CT molecular complexity index is 264. The van der Waals surface area contributed by atoms with E-state index in [4.69, 9.17) is 5.11 Å². The molecule has 4 atom stereocenters. The van der Waals surface area contributed by atoms with Crippen LogP contribution in [0.25, 0.3) is 0 Å². The lowest BCUT2D eigenvalue weighted by molar-refractivity contribution is -0.142. The van der Waals surface area contributed by atoms with Crippen molar-refractivity contribution in [2.75, 3.05) is 0 Å². The lowest BCUT2D eigenvalue weighted by Gasteiger charge is -2.13. The number of carboxylic acids is 1. The van der Waals surface area contributed by atoms with Gasteiger partial charge in [0.2, 0.25) is 5.91 Å². The zero-order valence-electron chi connectivity index (χ0n) is 7.49. The first-order chi connectivity index (χ1) is 6.09. The Balaban J connectivity index is 1.97. The molecule has 0 aromatic heterocycles. The molecule has 2 aliphatic rings. The van der Waals surface area contributed by atoms with Crippen molar-refractivity contribution in [3.8, 4) is 0 Å². The molecule has 0 saturated heterocycles. The van der Waals surface area contributed by atoms with E-state index in [-0.39, 0.29) is 17.9 Å². The number of rotatable bonds is 2. The topological polar surface area (TPSA) is 66.4 Å². The second-order valence-electron chi connectivity index (χ2n) is 4.05. The Morgan fingerprint density at radius 1 is 1.31 bits per heavy atom. The highest BCUT2D eigenvalue weighted by molar-refractivity contribution is 5.75. The predicted molar refractivity (Wildman–Crippen MR) is 44.9 cm³/mol. The summed E-state index contributed by atoms with van der Waals surface area (Å²) >= 11 is 0. The minimum Gasteiger partial charge on any atom is -0.481 e. The lowest BCUT2D eigenvalue weighted by Crippen LogP contribution is -2.34. The van der Waals surface area contributed by atoms with Gasteiger partial charge in [-0.2, -0.15) is 0 Å². The van der Waals surface area contributed by atoms with Gasteiger partial charge in [-0.3, -0.25) is 9.59 Å². The van der Waals surface area contributed by atoms with Crippen molar-refractivity contribution in [3.63, 3.8) is 0 Å². The molecule has 0 bridgehead atoms. The van der Waals surface area contributed by atoms with E-state index in [0.717, 1.165) is 6.42 Å². The lowest BCUT2D eigenvalue weighted by atomic mass is 10.0. The summed E-state index contributed by atoms with van der Waals surface area (Å²) in [5, 5.41) is 11.7. The molecular weight excluding hydrogens is 170 g/mol. The van der Waals surface area contributed by atoms with Crippen molar-refractivity contribution in [1.29, 1.82) is 0 Å². The first kappa shape index (κ1) is 8.53. The molecule has 0 heterocycles. The van der Waals surface area contributed by atoms with Gasteiger partial charge in [0.25, 0.3) is 0 Å². The number of hydrogen-bond acceptors (Lipinski definition) is 2. The Labute approximate surface area is 76.3 Å². The monoisotopic (exact) mass is 183 g/mol. The van der Waals surface area contributed by atoms with Crippen LogP contribution >= 0.6 is 0 Å². The summed E-state index contributed by atoms with van der Waals surface area (Å²) in [4.78, 5) is 21.5. The molecule has 2 saturated carbocycles. The largest absolute Gasteiger partial charge is 0.481 e. The number of fused-ring (bicyclic) bond motifs is 1. The van der Waals surface area contributed by atoms with Crippen molar-refractivity contribution in [2.24, 2.45) is 17.8 Å². The molecule has 13 heavy (non-hydrogen) atoms. The third kappa shape index (κ3) is 1.41. The van der Waals surface area contributed by atoms with Gasteiger partial charge >= 0.3 is 5.97 Å². The molecular formula is C9H13NO3. The average molecular weight is 183 g/mol. The maximum Gasteiger partial charge on any atom is 0.306 e. The van der Waals surface area contributed by atoms with Crippen LogP contribution in [0.2, 0.25) is 0 Å². The van der Waals surface area contributed by atoms with Gasteiger partial charge in [-0.1, -0.05) is 0 Å². The van der Waals surface area contributed by atoms with Crippen molar-refractivity contribution < 1.29 is 14.7 Å². The fraction of sp³-hybridized carbons (Fsp3) is 0.778. The summed E-state index contributed by atoms with van der Waals surface area (Å²) in [7, 11) is 0. The first-order valence-corrected chi connectivity index (χ1v) is 4.59. The number of carbonyl (C=O) groups excluding carboxylic acids is 1. The predicted octanol–water partition coefficient (Wildman–Crippen LogP) is 0.232. The number of nitrogens with one attached hydrogen (secondary N) is 1. The smallest absolute Gasteiger partial charge is 0.306 e. The van der Waals surface area contributed by atoms with E-state index >= 15 is 0 Å². The SMILES string of the molecule is CC(=O)N[C@@H]1C[C@H](C(=O)O)[C@H]2C[C@H]21. The fourth-order valence-corrected chi connectivity index (χ4v) is 2.50. The number of carboxylic acid groups (broad SMARTS) is 1. The standard InChI is InChI=1S/C9H13NO3/c1-4(11)10-8-3-7(9(12)13)5-2-6(5)8/h5-8H,2-3H2,1H3,(H,10,11)(H,12,13)/t5-,6+,7-,8+/m0/s1. The highest BCUT2D eigenvalue weighted by atomic mass is 16.4. The van der Waals surface area contributed by atoms with Crippen LogP contribution < -0.4 is 5.32 Å². The Morgan fingerprint density at radius 3 is 2.46 bits per heavy atom. The van der Waals surface area contributed by atoms with Gasteiger partial charge < -0.3 is 10.4 Å². The molecule has 0 aromatic rings. The maximum absolute atomic E-state index is 10.8. The molecule has 4 heteroatoms. The van der Waals surface area contributed by atoms with E-state index in [9.17, 15) is 9.59 Å². The van der Waals surface area contributed by atoms with Gasteiger partial charge in [0.1, 0.15) is 0 Å². The average Bonchev–Trinajstić information content (AvgIpc) is 2.70. The van der Waals surface area contributed by atoms with Gasteiger partial charge in [-0.25, -0.2) is 0 Å². The van der Waals surface area contributed by atoms with Crippen molar-refractivity contribution in [3.05, 3.63) is 0 Å². The summed E-state index contributed by atoms with van der Waals surface area (Å²) in [5.74, 6) is -0.219. The van der Waals surface area contributed by atoms with E-state index in [1.807, 2.05) is 0 Å². The molecule has 0 spiro atoms. The van der Waals surface area contributed by atoms with Gasteiger partial charge in [-0.05, 0) is 24.7 Å². The van der Waals surface area contributed by atoms with Crippen LogP contribution in [0.1, 0.15) is 19.8 Å². The van der Waals surface area contributed by atoms with Crippen LogP contribution in [-0.4, -0.2) is 23.0 Å². The second kappa shape index (κ2) is 2.72. The summed E-state index contributed by atoms with van der Waals surface area (Å²) in [6.07, 6.45) is 1.59. The molecule has 0 unspecified atom stereocenters. The molecule has 0 aliphatic heterocycles.